The van der Waals surface area contributed by atoms with Crippen LogP contribution in [0.2, 0.25) is 0 Å². The SMILES string of the molecule is CCOC(=O)C(O)C(c1ccccc1)N(C)c1cccc(C)c1. The van der Waals surface area contributed by atoms with Crippen LogP contribution in [0.5, 0.6) is 0 Å². The first-order valence-electron chi connectivity index (χ1n) is 7.73. The van der Waals surface area contributed by atoms with Crippen LogP contribution in [0.4, 0.5) is 5.69 Å². The Balaban J connectivity index is 2.39. The van der Waals surface area contributed by atoms with Crippen molar-refractivity contribution in [3.05, 3.63) is 65.7 Å². The molecule has 2 atom stereocenters. The van der Waals surface area contributed by atoms with Gasteiger partial charge >= 0.3 is 5.97 Å². The van der Waals surface area contributed by atoms with Gasteiger partial charge in [-0.25, -0.2) is 4.79 Å². The molecule has 0 heterocycles. The number of hydrogen-bond acceptors (Lipinski definition) is 4. The van der Waals surface area contributed by atoms with Crippen molar-refractivity contribution in [1.82, 2.24) is 0 Å². The Hall–Kier alpha value is -2.33. The number of likely N-dealkylation sites (N-methyl/N-ethyl adjacent to an activating group) is 1. The monoisotopic (exact) mass is 313 g/mol. The Morgan fingerprint density at radius 1 is 1.17 bits per heavy atom. The fourth-order valence-corrected chi connectivity index (χ4v) is 2.63. The van der Waals surface area contributed by atoms with E-state index in [9.17, 15) is 9.90 Å². The molecule has 0 amide bonds. The van der Waals surface area contributed by atoms with Crippen LogP contribution >= 0.6 is 0 Å². The highest BCUT2D eigenvalue weighted by Crippen LogP contribution is 2.29. The summed E-state index contributed by atoms with van der Waals surface area (Å²) in [7, 11) is 1.87. The minimum atomic E-state index is -1.26. The predicted octanol–water partition coefficient (Wildman–Crippen LogP) is 3.10. The van der Waals surface area contributed by atoms with Gasteiger partial charge in [0.05, 0.1) is 12.6 Å². The lowest BCUT2D eigenvalue weighted by atomic mass is 9.99. The topological polar surface area (TPSA) is 49.8 Å². The third-order valence-electron chi connectivity index (χ3n) is 3.79. The minimum Gasteiger partial charge on any atom is -0.464 e. The lowest BCUT2D eigenvalue weighted by Gasteiger charge is -2.33. The molecule has 0 fully saturated rings. The molecule has 0 saturated carbocycles. The zero-order valence-corrected chi connectivity index (χ0v) is 13.8. The Kier molecular flexibility index (Phi) is 5.77. The number of rotatable bonds is 6. The smallest absolute Gasteiger partial charge is 0.337 e. The molecule has 2 unspecified atom stereocenters. The quantitative estimate of drug-likeness (QED) is 0.833. The molecule has 4 nitrogen and oxygen atoms in total. The molecule has 0 aromatic heterocycles. The summed E-state index contributed by atoms with van der Waals surface area (Å²) in [4.78, 5) is 14.0. The van der Waals surface area contributed by atoms with E-state index in [0.29, 0.717) is 0 Å². The molecule has 2 rings (SSSR count). The van der Waals surface area contributed by atoms with Crippen LogP contribution in [-0.2, 0) is 9.53 Å². The Bertz CT molecular complexity index is 642. The van der Waals surface area contributed by atoms with Crippen LogP contribution in [0, 0.1) is 6.92 Å². The number of carbonyl (C=O) groups is 1. The highest BCUT2D eigenvalue weighted by atomic mass is 16.5. The van der Waals surface area contributed by atoms with E-state index in [4.69, 9.17) is 4.74 Å². The molecule has 0 aliphatic heterocycles. The summed E-state index contributed by atoms with van der Waals surface area (Å²) >= 11 is 0. The summed E-state index contributed by atoms with van der Waals surface area (Å²) in [6.07, 6.45) is -1.26. The minimum absolute atomic E-state index is 0.242. The summed E-state index contributed by atoms with van der Waals surface area (Å²) in [6, 6.07) is 16.9. The first-order chi connectivity index (χ1) is 11.0. The number of aryl methyl sites for hydroxylation is 1. The van der Waals surface area contributed by atoms with Gasteiger partial charge in [0, 0.05) is 12.7 Å². The highest BCUT2D eigenvalue weighted by Gasteiger charge is 2.32. The lowest BCUT2D eigenvalue weighted by molar-refractivity contribution is -0.154. The second kappa shape index (κ2) is 7.79. The fraction of sp³-hybridized carbons (Fsp3) is 0.316. The van der Waals surface area contributed by atoms with Crippen molar-refractivity contribution < 1.29 is 14.6 Å². The van der Waals surface area contributed by atoms with Crippen molar-refractivity contribution in [2.24, 2.45) is 0 Å². The van der Waals surface area contributed by atoms with E-state index in [-0.39, 0.29) is 6.61 Å². The van der Waals surface area contributed by atoms with Gasteiger partial charge in [-0.15, -0.1) is 0 Å². The number of aliphatic hydroxyl groups excluding tert-OH is 1. The number of carbonyl (C=O) groups excluding carboxylic acids is 1. The van der Waals surface area contributed by atoms with Crippen molar-refractivity contribution in [1.29, 1.82) is 0 Å². The normalized spacial score (nSPS) is 13.2. The number of hydrogen-bond donors (Lipinski definition) is 1. The standard InChI is InChI=1S/C19H23NO3/c1-4-23-19(22)18(21)17(15-10-6-5-7-11-15)20(3)16-12-8-9-14(2)13-16/h5-13,17-18,21H,4H2,1-3H3. The summed E-state index contributed by atoms with van der Waals surface area (Å²) in [6.45, 7) is 3.98. The number of aliphatic hydroxyl groups is 1. The molecule has 0 spiro atoms. The van der Waals surface area contributed by atoms with Gasteiger partial charge in [0.1, 0.15) is 0 Å². The summed E-state index contributed by atoms with van der Waals surface area (Å²) in [5, 5.41) is 10.5. The maximum Gasteiger partial charge on any atom is 0.337 e. The van der Waals surface area contributed by atoms with Gasteiger partial charge < -0.3 is 14.7 Å². The molecule has 0 saturated heterocycles. The average Bonchev–Trinajstić information content (AvgIpc) is 2.56. The maximum absolute atomic E-state index is 12.1. The largest absolute Gasteiger partial charge is 0.464 e. The number of nitrogens with zero attached hydrogens (tertiary/aromatic N) is 1. The van der Waals surface area contributed by atoms with Crippen LogP contribution in [0.25, 0.3) is 0 Å². The van der Waals surface area contributed by atoms with Gasteiger partial charge in [-0.3, -0.25) is 0 Å². The van der Waals surface area contributed by atoms with Gasteiger partial charge in [0.2, 0.25) is 0 Å². The summed E-state index contributed by atoms with van der Waals surface area (Å²) in [5.41, 5.74) is 2.91. The number of anilines is 1. The number of benzene rings is 2. The Labute approximate surface area is 137 Å². The molecule has 0 bridgehead atoms. The summed E-state index contributed by atoms with van der Waals surface area (Å²) in [5.74, 6) is -0.610. The first-order valence-corrected chi connectivity index (χ1v) is 7.73. The molecule has 0 aliphatic rings. The average molecular weight is 313 g/mol. The molecule has 4 heteroatoms. The van der Waals surface area contributed by atoms with E-state index < -0.39 is 18.1 Å². The van der Waals surface area contributed by atoms with Crippen molar-refractivity contribution in [3.63, 3.8) is 0 Å². The lowest BCUT2D eigenvalue weighted by Crippen LogP contribution is -2.39. The van der Waals surface area contributed by atoms with Crippen LogP contribution in [0.15, 0.2) is 54.6 Å². The molecule has 23 heavy (non-hydrogen) atoms. The first kappa shape index (κ1) is 17.0. The van der Waals surface area contributed by atoms with Crippen LogP contribution < -0.4 is 4.90 Å². The van der Waals surface area contributed by atoms with E-state index in [1.54, 1.807) is 6.92 Å². The van der Waals surface area contributed by atoms with Crippen molar-refractivity contribution in [2.45, 2.75) is 26.0 Å². The summed E-state index contributed by atoms with van der Waals surface area (Å²) < 4.78 is 5.00. The van der Waals surface area contributed by atoms with Crippen molar-refractivity contribution in [3.8, 4) is 0 Å². The van der Waals surface area contributed by atoms with E-state index in [2.05, 4.69) is 0 Å². The van der Waals surface area contributed by atoms with Gasteiger partial charge in [-0.05, 0) is 37.1 Å². The molecule has 1 N–H and O–H groups in total. The van der Waals surface area contributed by atoms with Gasteiger partial charge in [-0.2, -0.15) is 0 Å². The Morgan fingerprint density at radius 2 is 1.87 bits per heavy atom. The maximum atomic E-state index is 12.1. The Morgan fingerprint density at radius 3 is 2.48 bits per heavy atom. The zero-order valence-electron chi connectivity index (χ0n) is 13.8. The molecule has 0 radical (unpaired) electrons. The van der Waals surface area contributed by atoms with Crippen LogP contribution in [-0.4, -0.2) is 30.8 Å². The zero-order chi connectivity index (χ0) is 16.8. The fourth-order valence-electron chi connectivity index (χ4n) is 2.63. The van der Waals surface area contributed by atoms with E-state index in [1.807, 2.05) is 73.5 Å². The van der Waals surface area contributed by atoms with E-state index in [0.717, 1.165) is 16.8 Å². The molecular weight excluding hydrogens is 290 g/mol. The van der Waals surface area contributed by atoms with Crippen molar-refractivity contribution >= 4 is 11.7 Å². The molecule has 2 aromatic carbocycles. The second-order valence-electron chi connectivity index (χ2n) is 5.50. The van der Waals surface area contributed by atoms with E-state index >= 15 is 0 Å². The highest BCUT2D eigenvalue weighted by molar-refractivity contribution is 5.76. The van der Waals surface area contributed by atoms with Crippen LogP contribution in [0.3, 0.4) is 0 Å². The molecular formula is C19H23NO3. The third-order valence-corrected chi connectivity index (χ3v) is 3.79. The second-order valence-corrected chi connectivity index (χ2v) is 5.50. The van der Waals surface area contributed by atoms with Crippen molar-refractivity contribution in [2.75, 3.05) is 18.6 Å². The molecule has 122 valence electrons. The van der Waals surface area contributed by atoms with E-state index in [1.165, 1.54) is 0 Å². The van der Waals surface area contributed by atoms with Gasteiger partial charge in [0.15, 0.2) is 6.10 Å². The molecule has 0 aliphatic carbocycles. The van der Waals surface area contributed by atoms with Crippen LogP contribution in [0.1, 0.15) is 24.1 Å². The molecule has 2 aromatic rings. The third kappa shape index (κ3) is 4.11. The number of ether oxygens (including phenoxy) is 1. The van der Waals surface area contributed by atoms with Gasteiger partial charge in [0.25, 0.3) is 0 Å². The van der Waals surface area contributed by atoms with Gasteiger partial charge in [-0.1, -0.05) is 42.5 Å². The number of esters is 1. The predicted molar refractivity (Wildman–Crippen MR) is 91.4 cm³/mol.